The van der Waals surface area contributed by atoms with E-state index in [9.17, 15) is 0 Å². The van der Waals surface area contributed by atoms with Gasteiger partial charge in [0.05, 0.1) is 12.7 Å². The molecule has 2 fully saturated rings. The predicted octanol–water partition coefficient (Wildman–Crippen LogP) is 1.86. The van der Waals surface area contributed by atoms with Crippen molar-refractivity contribution in [2.75, 3.05) is 26.2 Å². The van der Waals surface area contributed by atoms with Crippen LogP contribution >= 0.6 is 0 Å². The minimum Gasteiger partial charge on any atom is -0.376 e. The number of nitrogens with two attached hydrogens (primary N) is 1. The quantitative estimate of drug-likeness (QED) is 0.818. The van der Waals surface area contributed by atoms with Crippen molar-refractivity contribution in [3.63, 3.8) is 0 Å². The molecule has 0 amide bonds. The molecule has 2 atom stereocenters. The largest absolute Gasteiger partial charge is 0.376 e. The van der Waals surface area contributed by atoms with Crippen LogP contribution in [0.3, 0.4) is 0 Å². The van der Waals surface area contributed by atoms with Crippen molar-refractivity contribution in [2.24, 2.45) is 17.6 Å². The lowest BCUT2D eigenvalue weighted by Crippen LogP contribution is -2.53. The first kappa shape index (κ1) is 13.3. The van der Waals surface area contributed by atoms with E-state index in [0.29, 0.717) is 12.1 Å². The van der Waals surface area contributed by atoms with Gasteiger partial charge in [-0.3, -0.25) is 4.90 Å². The van der Waals surface area contributed by atoms with Crippen molar-refractivity contribution in [3.8, 4) is 0 Å². The normalized spacial score (nSPS) is 37.9. The molecule has 0 aromatic rings. The summed E-state index contributed by atoms with van der Waals surface area (Å²) in [6.45, 7) is 8.37. The average Bonchev–Trinajstić information content (AvgIpc) is 2.33. The van der Waals surface area contributed by atoms with Gasteiger partial charge in [0.25, 0.3) is 0 Å². The van der Waals surface area contributed by atoms with Crippen molar-refractivity contribution in [1.29, 1.82) is 0 Å². The molecule has 0 bridgehead atoms. The molecular formula is C14H28N2O. The molecule has 2 rings (SSSR count). The van der Waals surface area contributed by atoms with Crippen LogP contribution in [0, 0.1) is 11.8 Å². The van der Waals surface area contributed by atoms with Crippen LogP contribution in [-0.2, 0) is 4.74 Å². The number of hydrogen-bond donors (Lipinski definition) is 1. The van der Waals surface area contributed by atoms with Crippen LogP contribution in [0.1, 0.15) is 39.5 Å². The molecule has 1 heterocycles. The summed E-state index contributed by atoms with van der Waals surface area (Å²) in [5.41, 5.74) is 6.03. The van der Waals surface area contributed by atoms with Gasteiger partial charge in [0.15, 0.2) is 0 Å². The highest BCUT2D eigenvalue weighted by atomic mass is 16.5. The van der Waals surface area contributed by atoms with E-state index in [2.05, 4.69) is 18.7 Å². The molecule has 17 heavy (non-hydrogen) atoms. The number of rotatable bonds is 3. The Labute approximate surface area is 106 Å². The van der Waals surface area contributed by atoms with Gasteiger partial charge in [0, 0.05) is 25.7 Å². The standard InChI is InChI=1S/C14H28N2O/c1-11-3-5-13(6-4-11)14(9-15)16-7-8-17-12(2)10-16/h11-14H,3-10,15H2,1-2H3. The zero-order valence-corrected chi connectivity index (χ0v) is 11.4. The number of ether oxygens (including phenoxy) is 1. The molecule has 2 unspecified atom stereocenters. The monoisotopic (exact) mass is 240 g/mol. The lowest BCUT2D eigenvalue weighted by molar-refractivity contribution is -0.0454. The van der Waals surface area contributed by atoms with Crippen LogP contribution in [-0.4, -0.2) is 43.3 Å². The van der Waals surface area contributed by atoms with Gasteiger partial charge in [-0.15, -0.1) is 0 Å². The highest BCUT2D eigenvalue weighted by Gasteiger charge is 2.31. The van der Waals surface area contributed by atoms with Gasteiger partial charge >= 0.3 is 0 Å². The third-order valence-corrected chi connectivity index (χ3v) is 4.59. The first-order chi connectivity index (χ1) is 8.20. The fraction of sp³-hybridized carbons (Fsp3) is 1.00. The van der Waals surface area contributed by atoms with Crippen molar-refractivity contribution in [3.05, 3.63) is 0 Å². The SMILES string of the molecule is CC1CCC(C(CN)N2CCOC(C)C2)CC1. The van der Waals surface area contributed by atoms with E-state index < -0.39 is 0 Å². The third-order valence-electron chi connectivity index (χ3n) is 4.59. The fourth-order valence-corrected chi connectivity index (χ4v) is 3.46. The van der Waals surface area contributed by atoms with Gasteiger partial charge < -0.3 is 10.5 Å². The predicted molar refractivity (Wildman–Crippen MR) is 71.0 cm³/mol. The molecule has 2 aliphatic rings. The highest BCUT2D eigenvalue weighted by molar-refractivity contribution is 4.86. The summed E-state index contributed by atoms with van der Waals surface area (Å²) in [5.74, 6) is 1.75. The van der Waals surface area contributed by atoms with Gasteiger partial charge in [-0.2, -0.15) is 0 Å². The summed E-state index contributed by atoms with van der Waals surface area (Å²) >= 11 is 0. The molecule has 0 radical (unpaired) electrons. The summed E-state index contributed by atoms with van der Waals surface area (Å²) in [4.78, 5) is 2.58. The topological polar surface area (TPSA) is 38.5 Å². The second-order valence-electron chi connectivity index (χ2n) is 6.00. The van der Waals surface area contributed by atoms with Crippen LogP contribution in [0.25, 0.3) is 0 Å². The Morgan fingerprint density at radius 3 is 2.53 bits per heavy atom. The molecular weight excluding hydrogens is 212 g/mol. The van der Waals surface area contributed by atoms with E-state index in [1.807, 2.05) is 0 Å². The first-order valence-corrected chi connectivity index (χ1v) is 7.26. The fourth-order valence-electron chi connectivity index (χ4n) is 3.46. The molecule has 2 N–H and O–H groups in total. The summed E-state index contributed by atoms with van der Waals surface area (Å²) < 4.78 is 5.62. The zero-order chi connectivity index (χ0) is 12.3. The Kier molecular flexibility index (Phi) is 4.83. The summed E-state index contributed by atoms with van der Waals surface area (Å²) in [6, 6.07) is 0.592. The van der Waals surface area contributed by atoms with E-state index in [4.69, 9.17) is 10.5 Å². The lowest BCUT2D eigenvalue weighted by Gasteiger charge is -2.42. The Hall–Kier alpha value is -0.120. The van der Waals surface area contributed by atoms with Crippen LogP contribution in [0.4, 0.5) is 0 Å². The lowest BCUT2D eigenvalue weighted by atomic mass is 9.78. The van der Waals surface area contributed by atoms with Gasteiger partial charge in [-0.1, -0.05) is 19.8 Å². The molecule has 3 heteroatoms. The Bertz CT molecular complexity index is 226. The van der Waals surface area contributed by atoms with Gasteiger partial charge in [0.1, 0.15) is 0 Å². The molecule has 3 nitrogen and oxygen atoms in total. The molecule has 0 aromatic carbocycles. The van der Waals surface area contributed by atoms with Crippen molar-refractivity contribution in [1.82, 2.24) is 4.90 Å². The number of hydrogen-bond acceptors (Lipinski definition) is 3. The Balaban J connectivity index is 1.90. The van der Waals surface area contributed by atoms with Crippen molar-refractivity contribution >= 4 is 0 Å². The smallest absolute Gasteiger partial charge is 0.0674 e. The maximum Gasteiger partial charge on any atom is 0.0674 e. The third kappa shape index (κ3) is 3.43. The summed E-state index contributed by atoms with van der Waals surface area (Å²) in [6.07, 6.45) is 5.89. The van der Waals surface area contributed by atoms with Crippen LogP contribution in [0.2, 0.25) is 0 Å². The first-order valence-electron chi connectivity index (χ1n) is 7.26. The molecule has 1 saturated carbocycles. The van der Waals surface area contributed by atoms with Crippen molar-refractivity contribution in [2.45, 2.75) is 51.7 Å². The zero-order valence-electron chi connectivity index (χ0n) is 11.4. The average molecular weight is 240 g/mol. The minimum absolute atomic E-state index is 0.375. The minimum atomic E-state index is 0.375. The molecule has 1 aliphatic heterocycles. The van der Waals surface area contributed by atoms with E-state index in [0.717, 1.165) is 38.1 Å². The second-order valence-corrected chi connectivity index (χ2v) is 6.00. The van der Waals surface area contributed by atoms with Gasteiger partial charge in [-0.25, -0.2) is 0 Å². The highest BCUT2D eigenvalue weighted by Crippen LogP contribution is 2.32. The Morgan fingerprint density at radius 1 is 1.24 bits per heavy atom. The number of nitrogens with zero attached hydrogens (tertiary/aromatic N) is 1. The second kappa shape index (κ2) is 6.17. The van der Waals surface area contributed by atoms with Crippen molar-refractivity contribution < 1.29 is 4.74 Å². The van der Waals surface area contributed by atoms with Gasteiger partial charge in [-0.05, 0) is 31.6 Å². The Morgan fingerprint density at radius 2 is 1.94 bits per heavy atom. The van der Waals surface area contributed by atoms with Gasteiger partial charge in [0.2, 0.25) is 0 Å². The van der Waals surface area contributed by atoms with E-state index >= 15 is 0 Å². The van der Waals surface area contributed by atoms with E-state index in [-0.39, 0.29) is 0 Å². The maximum atomic E-state index is 6.03. The molecule has 100 valence electrons. The van der Waals surface area contributed by atoms with E-state index in [1.54, 1.807) is 0 Å². The van der Waals surface area contributed by atoms with Crippen LogP contribution < -0.4 is 5.73 Å². The molecule has 1 saturated heterocycles. The number of morpholine rings is 1. The summed E-state index contributed by atoms with van der Waals surface area (Å²) in [7, 11) is 0. The van der Waals surface area contributed by atoms with Crippen LogP contribution in [0.15, 0.2) is 0 Å². The maximum absolute atomic E-state index is 6.03. The van der Waals surface area contributed by atoms with E-state index in [1.165, 1.54) is 25.7 Å². The molecule has 0 aromatic heterocycles. The van der Waals surface area contributed by atoms with Crippen LogP contribution in [0.5, 0.6) is 0 Å². The molecule has 0 spiro atoms. The molecule has 1 aliphatic carbocycles. The summed E-state index contributed by atoms with van der Waals surface area (Å²) in [5, 5.41) is 0.